The Morgan fingerprint density at radius 2 is 2.11 bits per heavy atom. The van der Waals surface area contributed by atoms with Crippen LogP contribution in [0.2, 0.25) is 0 Å². The van der Waals surface area contributed by atoms with Gasteiger partial charge in [0.1, 0.15) is 6.04 Å². The van der Waals surface area contributed by atoms with Crippen LogP contribution in [0.3, 0.4) is 0 Å². The fraction of sp³-hybridized carbons (Fsp3) is 0.800. The summed E-state index contributed by atoms with van der Waals surface area (Å²) in [6.07, 6.45) is -3.23. The number of hydrogen-bond acceptors (Lipinski definition) is 4. The zero-order valence-corrected chi connectivity index (χ0v) is 9.92. The molecule has 18 heavy (non-hydrogen) atoms. The number of alkyl halides is 3. The first-order valence-corrected chi connectivity index (χ1v) is 5.50. The Balaban J connectivity index is 2.43. The fourth-order valence-corrected chi connectivity index (χ4v) is 1.86. The topological polar surface area (TPSA) is 58.6 Å². The predicted molar refractivity (Wildman–Crippen MR) is 55.7 cm³/mol. The van der Waals surface area contributed by atoms with Gasteiger partial charge in [0.2, 0.25) is 5.91 Å². The van der Waals surface area contributed by atoms with E-state index in [1.165, 1.54) is 12.0 Å². The maximum absolute atomic E-state index is 11.9. The van der Waals surface area contributed by atoms with Crippen LogP contribution in [-0.2, 0) is 14.3 Å². The second kappa shape index (κ2) is 6.03. The summed E-state index contributed by atoms with van der Waals surface area (Å²) in [6.45, 7) is -1.30. The minimum atomic E-state index is -4.35. The van der Waals surface area contributed by atoms with E-state index in [0.29, 0.717) is 19.4 Å². The van der Waals surface area contributed by atoms with E-state index >= 15 is 0 Å². The van der Waals surface area contributed by atoms with Crippen molar-refractivity contribution in [3.63, 3.8) is 0 Å². The van der Waals surface area contributed by atoms with Crippen LogP contribution in [-0.4, -0.2) is 55.7 Å². The van der Waals surface area contributed by atoms with Gasteiger partial charge in [-0.2, -0.15) is 13.2 Å². The van der Waals surface area contributed by atoms with Crippen molar-refractivity contribution in [3.8, 4) is 0 Å². The minimum Gasteiger partial charge on any atom is -0.467 e. The van der Waals surface area contributed by atoms with Gasteiger partial charge in [-0.15, -0.1) is 0 Å². The van der Waals surface area contributed by atoms with Crippen molar-refractivity contribution < 1.29 is 27.5 Å². The van der Waals surface area contributed by atoms with Gasteiger partial charge in [0, 0.05) is 6.54 Å². The Hall–Kier alpha value is -1.31. The maximum atomic E-state index is 11.9. The molecule has 0 radical (unpaired) electrons. The van der Waals surface area contributed by atoms with Crippen LogP contribution in [0.15, 0.2) is 0 Å². The number of carbonyl (C=O) groups is 2. The molecule has 104 valence electrons. The number of nitrogens with zero attached hydrogens (tertiary/aromatic N) is 1. The molecule has 1 unspecified atom stereocenters. The number of nitrogens with one attached hydrogen (secondary N) is 1. The zero-order valence-electron chi connectivity index (χ0n) is 9.92. The fourth-order valence-electron chi connectivity index (χ4n) is 1.86. The highest BCUT2D eigenvalue weighted by Crippen LogP contribution is 2.18. The standard InChI is InChI=1S/C10H15F3N2O3/c1-18-9(17)7-3-2-4-15(7)8(16)5-14-6-10(11,12)13/h7,14H,2-6H2,1H3. The zero-order chi connectivity index (χ0) is 13.8. The van der Waals surface area contributed by atoms with Gasteiger partial charge >= 0.3 is 12.1 Å². The van der Waals surface area contributed by atoms with Crippen LogP contribution in [0, 0.1) is 0 Å². The molecule has 5 nitrogen and oxygen atoms in total. The molecule has 0 aromatic carbocycles. The highest BCUT2D eigenvalue weighted by Gasteiger charge is 2.35. The van der Waals surface area contributed by atoms with Gasteiger partial charge in [-0.05, 0) is 12.8 Å². The van der Waals surface area contributed by atoms with Crippen LogP contribution in [0.1, 0.15) is 12.8 Å². The Kier molecular flexibility index (Phi) is 4.94. The van der Waals surface area contributed by atoms with E-state index in [1.54, 1.807) is 0 Å². The third-order valence-corrected chi connectivity index (χ3v) is 2.65. The molecular formula is C10H15F3N2O3. The normalized spacial score (nSPS) is 20.0. The summed E-state index contributed by atoms with van der Waals surface area (Å²) in [5.41, 5.74) is 0. The van der Waals surface area contributed by atoms with Crippen molar-refractivity contribution in [3.05, 3.63) is 0 Å². The molecule has 1 heterocycles. The van der Waals surface area contributed by atoms with Crippen molar-refractivity contribution >= 4 is 11.9 Å². The van der Waals surface area contributed by atoms with Crippen LogP contribution in [0.5, 0.6) is 0 Å². The van der Waals surface area contributed by atoms with Gasteiger partial charge in [-0.3, -0.25) is 4.79 Å². The van der Waals surface area contributed by atoms with Crippen LogP contribution >= 0.6 is 0 Å². The van der Waals surface area contributed by atoms with E-state index in [0.717, 1.165) is 0 Å². The Morgan fingerprint density at radius 3 is 2.67 bits per heavy atom. The number of esters is 1. The van der Waals surface area contributed by atoms with E-state index in [9.17, 15) is 22.8 Å². The molecule has 8 heteroatoms. The van der Waals surface area contributed by atoms with E-state index in [-0.39, 0.29) is 0 Å². The molecule has 0 aromatic rings. The molecule has 0 aromatic heterocycles. The number of likely N-dealkylation sites (tertiary alicyclic amines) is 1. The molecule has 1 fully saturated rings. The summed E-state index contributed by atoms with van der Waals surface area (Å²) in [6, 6.07) is -0.671. The Morgan fingerprint density at radius 1 is 1.44 bits per heavy atom. The molecule has 1 rings (SSSR count). The van der Waals surface area contributed by atoms with E-state index < -0.39 is 37.2 Å². The first kappa shape index (κ1) is 14.7. The molecule has 1 aliphatic rings. The number of methoxy groups -OCH3 is 1. The molecule has 0 saturated carbocycles. The van der Waals surface area contributed by atoms with E-state index in [2.05, 4.69) is 4.74 Å². The Labute approximate surface area is 102 Å². The summed E-state index contributed by atoms with van der Waals surface area (Å²) in [7, 11) is 1.21. The van der Waals surface area contributed by atoms with Crippen molar-refractivity contribution in [1.29, 1.82) is 0 Å². The van der Waals surface area contributed by atoms with Crippen LogP contribution < -0.4 is 5.32 Å². The summed E-state index contributed by atoms with van der Waals surface area (Å²) < 4.78 is 40.2. The summed E-state index contributed by atoms with van der Waals surface area (Å²) >= 11 is 0. The first-order chi connectivity index (χ1) is 8.35. The number of halogens is 3. The van der Waals surface area contributed by atoms with Gasteiger partial charge in [0.25, 0.3) is 0 Å². The van der Waals surface area contributed by atoms with Gasteiger partial charge in [-0.25, -0.2) is 4.79 Å². The third-order valence-electron chi connectivity index (χ3n) is 2.65. The van der Waals surface area contributed by atoms with Crippen molar-refractivity contribution in [2.75, 3.05) is 26.7 Å². The predicted octanol–water partition coefficient (Wildman–Crippen LogP) is 0.302. The lowest BCUT2D eigenvalue weighted by atomic mass is 10.2. The molecule has 0 bridgehead atoms. The summed E-state index contributed by atoms with van der Waals surface area (Å²) in [5, 5.41) is 2.01. The minimum absolute atomic E-state index is 0.367. The summed E-state index contributed by atoms with van der Waals surface area (Å²) in [5.74, 6) is -1.05. The van der Waals surface area contributed by atoms with Crippen molar-refractivity contribution in [2.24, 2.45) is 0 Å². The largest absolute Gasteiger partial charge is 0.467 e. The number of rotatable bonds is 4. The van der Waals surface area contributed by atoms with Gasteiger partial charge < -0.3 is 15.0 Å². The second-order valence-electron chi connectivity index (χ2n) is 3.99. The quantitative estimate of drug-likeness (QED) is 0.745. The smallest absolute Gasteiger partial charge is 0.401 e. The average molecular weight is 268 g/mol. The number of ether oxygens (including phenoxy) is 1. The maximum Gasteiger partial charge on any atom is 0.401 e. The summed E-state index contributed by atoms with van der Waals surface area (Å²) in [4.78, 5) is 24.3. The van der Waals surface area contributed by atoms with Gasteiger partial charge in [0.05, 0.1) is 20.2 Å². The van der Waals surface area contributed by atoms with Gasteiger partial charge in [-0.1, -0.05) is 0 Å². The molecule has 0 spiro atoms. The molecule has 1 saturated heterocycles. The highest BCUT2D eigenvalue weighted by molar-refractivity contribution is 5.86. The lowest BCUT2D eigenvalue weighted by Crippen LogP contribution is -2.46. The van der Waals surface area contributed by atoms with Crippen LogP contribution in [0.4, 0.5) is 13.2 Å². The number of hydrogen-bond donors (Lipinski definition) is 1. The molecule has 1 atom stereocenters. The van der Waals surface area contributed by atoms with Crippen molar-refractivity contribution in [2.45, 2.75) is 25.1 Å². The van der Waals surface area contributed by atoms with E-state index in [1.807, 2.05) is 5.32 Å². The number of carbonyl (C=O) groups excluding carboxylic acids is 2. The third kappa shape index (κ3) is 4.17. The van der Waals surface area contributed by atoms with Crippen LogP contribution in [0.25, 0.3) is 0 Å². The monoisotopic (exact) mass is 268 g/mol. The highest BCUT2D eigenvalue weighted by atomic mass is 19.4. The van der Waals surface area contributed by atoms with Crippen molar-refractivity contribution in [1.82, 2.24) is 10.2 Å². The first-order valence-electron chi connectivity index (χ1n) is 5.50. The lowest BCUT2D eigenvalue weighted by molar-refractivity contribution is -0.151. The SMILES string of the molecule is COC(=O)C1CCCN1C(=O)CNCC(F)(F)F. The Bertz CT molecular complexity index is 320. The molecule has 1 aliphatic heterocycles. The molecule has 1 amide bonds. The average Bonchev–Trinajstić information content (AvgIpc) is 2.75. The lowest BCUT2D eigenvalue weighted by Gasteiger charge is -2.22. The van der Waals surface area contributed by atoms with Gasteiger partial charge in [0.15, 0.2) is 0 Å². The molecule has 0 aliphatic carbocycles. The molecule has 1 N–H and O–H groups in total. The second-order valence-corrected chi connectivity index (χ2v) is 3.99. The van der Waals surface area contributed by atoms with E-state index in [4.69, 9.17) is 0 Å². The molecular weight excluding hydrogens is 253 g/mol. The number of amides is 1.